The van der Waals surface area contributed by atoms with Crippen LogP contribution in [0.1, 0.15) is 20.7 Å². The van der Waals surface area contributed by atoms with Gasteiger partial charge in [-0.05, 0) is 23.7 Å². The lowest BCUT2D eigenvalue weighted by Gasteiger charge is -2.00. The number of benzene rings is 1. The Bertz CT molecular complexity index is 477. The molecule has 0 fully saturated rings. The van der Waals surface area contributed by atoms with Gasteiger partial charge in [0.1, 0.15) is 0 Å². The first kappa shape index (κ1) is 10.6. The van der Waals surface area contributed by atoms with Gasteiger partial charge >= 0.3 is 11.9 Å². The van der Waals surface area contributed by atoms with Crippen LogP contribution in [0, 0.1) is 0 Å². The van der Waals surface area contributed by atoms with E-state index in [1.54, 1.807) is 0 Å². The summed E-state index contributed by atoms with van der Waals surface area (Å²) in [5.41, 5.74) is 7.58. The predicted octanol–water partition coefficient (Wildman–Crippen LogP) is 2.02. The summed E-state index contributed by atoms with van der Waals surface area (Å²) >= 11 is 0. The number of hydrogen-bond acceptors (Lipinski definition) is 3. The molecule has 2 N–H and O–H groups in total. The number of nitrogens with zero attached hydrogens (tertiary/aromatic N) is 3. The Hall–Kier alpha value is -2.53. The minimum absolute atomic E-state index is 0.137. The van der Waals surface area contributed by atoms with Crippen LogP contribution in [0.3, 0.4) is 0 Å². The van der Waals surface area contributed by atoms with Gasteiger partial charge in [-0.25, -0.2) is 9.59 Å². The van der Waals surface area contributed by atoms with Gasteiger partial charge in [-0.15, -0.1) is 0 Å². The molecule has 76 valence electrons. The average molecular weight is 207 g/mol. The second-order valence-electron chi connectivity index (χ2n) is 2.53. The van der Waals surface area contributed by atoms with Crippen molar-refractivity contribution in [3.05, 3.63) is 39.8 Å². The van der Waals surface area contributed by atoms with E-state index in [9.17, 15) is 9.59 Å². The first-order valence-corrected chi connectivity index (χ1v) is 3.72. The largest absolute Gasteiger partial charge is 0.478 e. The van der Waals surface area contributed by atoms with Crippen molar-refractivity contribution in [3.8, 4) is 0 Å². The molecule has 0 atom stereocenters. The molecule has 0 amide bonds. The van der Waals surface area contributed by atoms with Crippen LogP contribution < -0.4 is 0 Å². The van der Waals surface area contributed by atoms with Crippen LogP contribution in [-0.4, -0.2) is 22.2 Å². The van der Waals surface area contributed by atoms with Crippen LogP contribution in [0.15, 0.2) is 23.3 Å². The molecule has 7 heteroatoms. The van der Waals surface area contributed by atoms with Gasteiger partial charge in [-0.2, -0.15) is 0 Å². The molecular formula is C8H5N3O4. The molecule has 1 aromatic rings. The summed E-state index contributed by atoms with van der Waals surface area (Å²) in [6.45, 7) is 0. The molecular weight excluding hydrogens is 202 g/mol. The molecule has 0 aliphatic rings. The Morgan fingerprint density at radius 1 is 1.27 bits per heavy atom. The normalized spacial score (nSPS) is 9.07. The molecule has 0 aromatic heterocycles. The van der Waals surface area contributed by atoms with Crippen LogP contribution in [0.25, 0.3) is 10.4 Å². The van der Waals surface area contributed by atoms with Gasteiger partial charge in [0.25, 0.3) is 0 Å². The molecule has 1 rings (SSSR count). The smallest absolute Gasteiger partial charge is 0.336 e. The zero-order chi connectivity index (χ0) is 11.4. The fourth-order valence-corrected chi connectivity index (χ4v) is 0.976. The highest BCUT2D eigenvalue weighted by Crippen LogP contribution is 2.21. The van der Waals surface area contributed by atoms with E-state index in [-0.39, 0.29) is 16.8 Å². The van der Waals surface area contributed by atoms with Crippen molar-refractivity contribution >= 4 is 17.6 Å². The Labute approximate surface area is 83.2 Å². The topological polar surface area (TPSA) is 123 Å². The average Bonchev–Trinajstić information content (AvgIpc) is 2.17. The van der Waals surface area contributed by atoms with Gasteiger partial charge in [-0.1, -0.05) is 5.11 Å². The number of carboxylic acid groups (broad SMARTS) is 2. The van der Waals surface area contributed by atoms with Crippen LogP contribution in [0.2, 0.25) is 0 Å². The van der Waals surface area contributed by atoms with E-state index in [2.05, 4.69) is 10.0 Å². The van der Waals surface area contributed by atoms with Gasteiger partial charge in [0.2, 0.25) is 0 Å². The van der Waals surface area contributed by atoms with Crippen LogP contribution in [-0.2, 0) is 0 Å². The van der Waals surface area contributed by atoms with Crippen molar-refractivity contribution in [1.29, 1.82) is 0 Å². The third-order valence-corrected chi connectivity index (χ3v) is 1.63. The predicted molar refractivity (Wildman–Crippen MR) is 49.2 cm³/mol. The maximum Gasteiger partial charge on any atom is 0.336 e. The summed E-state index contributed by atoms with van der Waals surface area (Å²) in [6, 6.07) is 3.21. The van der Waals surface area contributed by atoms with E-state index < -0.39 is 11.9 Å². The van der Waals surface area contributed by atoms with E-state index in [0.29, 0.717) is 0 Å². The van der Waals surface area contributed by atoms with Gasteiger partial charge in [0, 0.05) is 4.91 Å². The number of aromatic carboxylic acids is 2. The third-order valence-electron chi connectivity index (χ3n) is 1.63. The molecule has 0 saturated carbocycles. The van der Waals surface area contributed by atoms with Gasteiger partial charge < -0.3 is 10.2 Å². The Morgan fingerprint density at radius 2 is 1.93 bits per heavy atom. The number of azide groups is 1. The van der Waals surface area contributed by atoms with Crippen molar-refractivity contribution in [2.45, 2.75) is 0 Å². The summed E-state index contributed by atoms with van der Waals surface area (Å²) in [5, 5.41) is 20.4. The van der Waals surface area contributed by atoms with Gasteiger partial charge in [-0.3, -0.25) is 0 Å². The Morgan fingerprint density at radius 3 is 2.40 bits per heavy atom. The van der Waals surface area contributed by atoms with Crippen molar-refractivity contribution in [2.24, 2.45) is 5.11 Å². The zero-order valence-corrected chi connectivity index (χ0v) is 7.28. The summed E-state index contributed by atoms with van der Waals surface area (Å²) in [7, 11) is 0. The molecule has 0 spiro atoms. The first-order chi connectivity index (χ1) is 7.06. The lowest BCUT2D eigenvalue weighted by Crippen LogP contribution is -2.00. The number of carboxylic acids is 2. The summed E-state index contributed by atoms with van der Waals surface area (Å²) in [6.07, 6.45) is 0. The second-order valence-corrected chi connectivity index (χ2v) is 2.53. The molecule has 0 aliphatic carbocycles. The lowest BCUT2D eigenvalue weighted by atomic mass is 10.1. The quantitative estimate of drug-likeness (QED) is 0.446. The van der Waals surface area contributed by atoms with E-state index in [0.717, 1.165) is 18.2 Å². The van der Waals surface area contributed by atoms with Crippen molar-refractivity contribution in [3.63, 3.8) is 0 Å². The first-order valence-electron chi connectivity index (χ1n) is 3.72. The van der Waals surface area contributed by atoms with Crippen molar-refractivity contribution in [1.82, 2.24) is 0 Å². The molecule has 0 unspecified atom stereocenters. The summed E-state index contributed by atoms with van der Waals surface area (Å²) < 4.78 is 0. The fourth-order valence-electron chi connectivity index (χ4n) is 0.976. The van der Waals surface area contributed by atoms with E-state index in [1.165, 1.54) is 0 Å². The molecule has 15 heavy (non-hydrogen) atoms. The SMILES string of the molecule is [N-]=[N+]=Nc1cc(C(=O)O)ccc1C(=O)O. The minimum atomic E-state index is -1.28. The maximum absolute atomic E-state index is 10.6. The van der Waals surface area contributed by atoms with E-state index in [4.69, 9.17) is 15.7 Å². The third kappa shape index (κ3) is 2.23. The Kier molecular flexibility index (Phi) is 2.90. The molecule has 0 heterocycles. The van der Waals surface area contributed by atoms with Crippen molar-refractivity contribution < 1.29 is 19.8 Å². The molecule has 0 aliphatic heterocycles. The number of carbonyl (C=O) groups is 2. The van der Waals surface area contributed by atoms with Gasteiger partial charge in [0.05, 0.1) is 16.8 Å². The monoisotopic (exact) mass is 207 g/mol. The molecule has 1 aromatic carbocycles. The fraction of sp³-hybridized carbons (Fsp3) is 0. The zero-order valence-electron chi connectivity index (χ0n) is 7.28. The van der Waals surface area contributed by atoms with E-state index >= 15 is 0 Å². The highest BCUT2D eigenvalue weighted by Gasteiger charge is 2.11. The lowest BCUT2D eigenvalue weighted by molar-refractivity contribution is 0.0682. The standard InChI is InChI=1S/C8H5N3O4/c9-11-10-6-3-4(7(12)13)1-2-5(6)8(14)15/h1-3H,(H,12,13)(H,14,15). The molecule has 7 nitrogen and oxygen atoms in total. The minimum Gasteiger partial charge on any atom is -0.478 e. The highest BCUT2D eigenvalue weighted by molar-refractivity contribution is 5.96. The van der Waals surface area contributed by atoms with Crippen LogP contribution in [0.5, 0.6) is 0 Å². The number of hydrogen-bond donors (Lipinski definition) is 2. The highest BCUT2D eigenvalue weighted by atomic mass is 16.4. The molecule has 0 bridgehead atoms. The van der Waals surface area contributed by atoms with E-state index in [1.807, 2.05) is 0 Å². The van der Waals surface area contributed by atoms with Crippen molar-refractivity contribution in [2.75, 3.05) is 0 Å². The molecule has 0 saturated heterocycles. The molecule has 0 radical (unpaired) electrons. The van der Waals surface area contributed by atoms with Crippen LogP contribution in [0.4, 0.5) is 5.69 Å². The second kappa shape index (κ2) is 4.12. The summed E-state index contributed by atoms with van der Waals surface area (Å²) in [5.74, 6) is -2.50. The maximum atomic E-state index is 10.6. The Balaban J connectivity index is 3.39. The van der Waals surface area contributed by atoms with Crippen LogP contribution >= 0.6 is 0 Å². The summed E-state index contributed by atoms with van der Waals surface area (Å²) in [4.78, 5) is 23.6. The van der Waals surface area contributed by atoms with Gasteiger partial charge in [0.15, 0.2) is 0 Å². The number of rotatable bonds is 3.